The number of nitrogens with one attached hydrogen (secondary N) is 1. The van der Waals surface area contributed by atoms with E-state index in [0.29, 0.717) is 52.8 Å². The highest BCUT2D eigenvalue weighted by Crippen LogP contribution is 2.32. The third kappa shape index (κ3) is 6.16. The Morgan fingerprint density at radius 1 is 0.911 bits per heavy atom. The molecule has 0 aliphatic carbocycles. The zero-order valence-electron chi connectivity index (χ0n) is 27.2. The number of hydrogen-bond acceptors (Lipinski definition) is 8. The smallest absolute Gasteiger partial charge is 0.228 e. The minimum absolute atomic E-state index is 0.0721. The molecular formula is C36H37N5O3S. The van der Waals surface area contributed by atoms with Crippen molar-refractivity contribution in [3.8, 4) is 0 Å². The van der Waals surface area contributed by atoms with Gasteiger partial charge in [0.1, 0.15) is 5.82 Å². The summed E-state index contributed by atoms with van der Waals surface area (Å²) in [5, 5.41) is 3.92. The lowest BCUT2D eigenvalue weighted by Gasteiger charge is -2.50. The molecule has 2 aliphatic rings. The second kappa shape index (κ2) is 12.2. The van der Waals surface area contributed by atoms with Crippen LogP contribution in [0.15, 0.2) is 108 Å². The van der Waals surface area contributed by atoms with Crippen molar-refractivity contribution in [2.45, 2.75) is 37.0 Å². The zero-order chi connectivity index (χ0) is 32.6. The predicted octanol–water partition coefficient (Wildman–Crippen LogP) is 5.62. The van der Waals surface area contributed by atoms with Gasteiger partial charge in [0.2, 0.25) is 5.95 Å². The fourth-order valence-electron chi connectivity index (χ4n) is 5.97. The first-order chi connectivity index (χ1) is 22.6. The molecule has 8 nitrogen and oxygen atoms in total. The highest BCUT2D eigenvalue weighted by atomic mass is 32.2. The minimum atomic E-state index is -3.48. The Bertz CT molecular complexity index is 1970. The van der Waals surface area contributed by atoms with Crippen LogP contribution in [-0.4, -0.2) is 60.8 Å². The normalized spacial score (nSPS) is 18.0. The molecule has 0 amide bonds. The fourth-order valence-corrected chi connectivity index (χ4v) is 7.47. The van der Waals surface area contributed by atoms with Crippen molar-refractivity contribution in [1.29, 1.82) is 0 Å². The number of fused-ring (bicyclic) bond motifs is 2. The van der Waals surface area contributed by atoms with Crippen molar-refractivity contribution in [2.75, 3.05) is 42.2 Å². The van der Waals surface area contributed by atoms with Gasteiger partial charge in [0.05, 0.1) is 37.7 Å². The van der Waals surface area contributed by atoms with Crippen LogP contribution in [0.2, 0.25) is 0 Å². The molecule has 0 radical (unpaired) electrons. The van der Waals surface area contributed by atoms with Gasteiger partial charge in [-0.15, -0.1) is 0 Å². The van der Waals surface area contributed by atoms with Crippen LogP contribution in [0.1, 0.15) is 25.0 Å². The Hall–Kier alpha value is -4.31. The Morgan fingerprint density at radius 2 is 1.58 bits per heavy atom. The molecule has 3 heterocycles. The van der Waals surface area contributed by atoms with E-state index >= 15 is 0 Å². The second-order valence-corrected chi connectivity index (χ2v) is 13.9. The zero-order valence-corrected chi connectivity index (χ0v) is 26.0. The first kappa shape index (κ1) is 27.0. The van der Waals surface area contributed by atoms with E-state index in [1.54, 1.807) is 12.1 Å². The van der Waals surface area contributed by atoms with Gasteiger partial charge in [-0.05, 0) is 41.8 Å². The summed E-state index contributed by atoms with van der Waals surface area (Å²) in [6, 6.07) is 33.0. The SMILES string of the molecule is [2H]C([2H])(Nc1nc(N2CCS(=O)(=O)c3ccccc3C2)nc2ccc(C)cc12)C1(N(Cc2ccccc2)Cc2ccccc2)COC1. The van der Waals surface area contributed by atoms with E-state index in [4.69, 9.17) is 14.7 Å². The third-order valence-electron chi connectivity index (χ3n) is 8.55. The molecule has 7 rings (SSSR count). The predicted molar refractivity (Wildman–Crippen MR) is 178 cm³/mol. The maximum Gasteiger partial charge on any atom is 0.228 e. The van der Waals surface area contributed by atoms with Gasteiger partial charge in [-0.2, -0.15) is 4.98 Å². The molecule has 0 bridgehead atoms. The quantitative estimate of drug-likeness (QED) is 0.227. The molecule has 0 saturated carbocycles. The van der Waals surface area contributed by atoms with Crippen molar-refractivity contribution < 1.29 is 15.9 Å². The van der Waals surface area contributed by atoms with Crippen molar-refractivity contribution in [1.82, 2.24) is 14.9 Å². The molecule has 4 aromatic carbocycles. The summed E-state index contributed by atoms with van der Waals surface area (Å²) < 4.78 is 51.3. The number of benzene rings is 4. The highest BCUT2D eigenvalue weighted by molar-refractivity contribution is 7.91. The Morgan fingerprint density at radius 3 is 2.24 bits per heavy atom. The van der Waals surface area contributed by atoms with Gasteiger partial charge in [0, 0.05) is 38.1 Å². The van der Waals surface area contributed by atoms with E-state index < -0.39 is 21.9 Å². The summed E-state index contributed by atoms with van der Waals surface area (Å²) in [6.45, 7) is 1.95. The molecule has 1 N–H and O–H groups in total. The van der Waals surface area contributed by atoms with Crippen LogP contribution < -0.4 is 10.2 Å². The number of nitrogens with zero attached hydrogens (tertiary/aromatic N) is 4. The maximum absolute atomic E-state index is 13.1. The van der Waals surface area contributed by atoms with E-state index in [-0.39, 0.29) is 25.5 Å². The summed E-state index contributed by atoms with van der Waals surface area (Å²) in [7, 11) is -3.48. The van der Waals surface area contributed by atoms with Gasteiger partial charge in [-0.3, -0.25) is 4.90 Å². The van der Waals surface area contributed by atoms with Gasteiger partial charge in [0.25, 0.3) is 0 Å². The van der Waals surface area contributed by atoms with Gasteiger partial charge >= 0.3 is 0 Å². The largest absolute Gasteiger partial charge is 0.377 e. The molecule has 0 unspecified atom stereocenters. The molecule has 1 saturated heterocycles. The summed E-state index contributed by atoms with van der Waals surface area (Å²) >= 11 is 0. The van der Waals surface area contributed by atoms with Crippen molar-refractivity contribution in [3.63, 3.8) is 0 Å². The molecule has 230 valence electrons. The summed E-state index contributed by atoms with van der Waals surface area (Å²) in [4.78, 5) is 14.1. The number of aromatic nitrogens is 2. The average Bonchev–Trinajstić information content (AvgIpc) is 3.17. The molecule has 0 atom stereocenters. The molecule has 9 heteroatoms. The van der Waals surface area contributed by atoms with Crippen molar-refractivity contribution in [3.05, 3.63) is 125 Å². The number of rotatable bonds is 9. The number of hydrogen-bond donors (Lipinski definition) is 1. The lowest BCUT2D eigenvalue weighted by molar-refractivity contribution is -0.140. The highest BCUT2D eigenvalue weighted by Gasteiger charge is 2.44. The molecular weight excluding hydrogens is 582 g/mol. The van der Waals surface area contributed by atoms with Gasteiger partial charge < -0.3 is 15.0 Å². The molecule has 0 spiro atoms. The molecule has 5 aromatic rings. The van der Waals surface area contributed by atoms with Crippen LogP contribution in [0.3, 0.4) is 0 Å². The topological polar surface area (TPSA) is 87.7 Å². The summed E-state index contributed by atoms with van der Waals surface area (Å²) in [5.74, 6) is 0.623. The number of sulfone groups is 1. The van der Waals surface area contributed by atoms with Crippen LogP contribution >= 0.6 is 0 Å². The second-order valence-electron chi connectivity index (χ2n) is 11.8. The molecule has 45 heavy (non-hydrogen) atoms. The summed E-state index contributed by atoms with van der Waals surface area (Å²) in [5.41, 5.74) is 3.45. The molecule has 1 fully saturated rings. The average molecular weight is 622 g/mol. The van der Waals surface area contributed by atoms with Gasteiger partial charge in [0.15, 0.2) is 9.84 Å². The van der Waals surface area contributed by atoms with E-state index in [0.717, 1.165) is 16.7 Å². The third-order valence-corrected chi connectivity index (χ3v) is 10.3. The Kier molecular flexibility index (Phi) is 7.35. The maximum atomic E-state index is 13.1. The van der Waals surface area contributed by atoms with E-state index in [1.165, 1.54) is 0 Å². The lowest BCUT2D eigenvalue weighted by atomic mass is 9.92. The van der Waals surface area contributed by atoms with Crippen molar-refractivity contribution >= 4 is 32.5 Å². The minimum Gasteiger partial charge on any atom is -0.377 e. The van der Waals surface area contributed by atoms with Crippen LogP contribution in [-0.2, 0) is 34.2 Å². The van der Waals surface area contributed by atoms with Crippen LogP contribution in [0.4, 0.5) is 11.8 Å². The summed E-state index contributed by atoms with van der Waals surface area (Å²) in [6.07, 6.45) is 0. The van der Waals surface area contributed by atoms with Crippen molar-refractivity contribution in [2.24, 2.45) is 0 Å². The Balaban J connectivity index is 1.28. The Labute approximate surface area is 267 Å². The number of ether oxygens (including phenoxy) is 1. The number of anilines is 2. The van der Waals surface area contributed by atoms with Gasteiger partial charge in [-0.25, -0.2) is 13.4 Å². The van der Waals surface area contributed by atoms with Crippen LogP contribution in [0.25, 0.3) is 10.9 Å². The van der Waals surface area contributed by atoms with E-state index in [2.05, 4.69) is 34.5 Å². The monoisotopic (exact) mass is 621 g/mol. The van der Waals surface area contributed by atoms with Gasteiger partial charge in [-0.1, -0.05) is 90.5 Å². The van der Waals surface area contributed by atoms with E-state index in [9.17, 15) is 11.2 Å². The fraction of sp³-hybridized carbons (Fsp3) is 0.278. The molecule has 1 aromatic heterocycles. The molecule has 2 aliphatic heterocycles. The lowest BCUT2D eigenvalue weighted by Crippen LogP contribution is -2.65. The van der Waals surface area contributed by atoms with Crippen LogP contribution in [0, 0.1) is 6.92 Å². The number of aryl methyl sites for hydroxylation is 1. The standard InChI is InChI=1S/C36H37N5O3S/c1-27-16-17-32-31(20-27)34(39-35(38-32)40-18-19-45(42,43)33-15-9-8-14-30(33)23-40)37-24-36(25-44-26-36)41(21-28-10-4-2-5-11-28)22-29-12-6-3-7-13-29/h2-17,20H,18-19,21-26H2,1H3,(H,37,38,39)/i24D2. The van der Waals surface area contributed by atoms with E-state index in [1.807, 2.05) is 78.6 Å². The first-order valence-corrected chi connectivity index (χ1v) is 16.8. The first-order valence-electron chi connectivity index (χ1n) is 16.2. The van der Waals surface area contributed by atoms with Crippen LogP contribution in [0.5, 0.6) is 0 Å².